The number of aromatic nitrogens is 1. The molecule has 3 aromatic rings. The van der Waals surface area contributed by atoms with Crippen LogP contribution in [-0.4, -0.2) is 27.8 Å². The van der Waals surface area contributed by atoms with Crippen LogP contribution >= 0.6 is 0 Å². The van der Waals surface area contributed by atoms with Gasteiger partial charge < -0.3 is 15.5 Å². The van der Waals surface area contributed by atoms with Crippen molar-refractivity contribution in [1.82, 2.24) is 10.3 Å². The smallest absolute Gasteiger partial charge is 0.116 e. The van der Waals surface area contributed by atoms with E-state index in [0.29, 0.717) is 6.04 Å². The zero-order valence-electron chi connectivity index (χ0n) is 15.5. The molecule has 2 heterocycles. The molecule has 1 aromatic heterocycles. The first-order chi connectivity index (χ1) is 13.2. The average Bonchev–Trinajstić information content (AvgIpc) is 2.71. The number of benzene rings is 2. The van der Waals surface area contributed by atoms with Crippen LogP contribution in [0.4, 0.5) is 0 Å². The SMILES string of the molecule is OCc1cc2ccccc2nc1-c1cc(O)cc(CC[C@@H]2CCCCN2)c1. The van der Waals surface area contributed by atoms with Crippen LogP contribution in [0.25, 0.3) is 22.2 Å². The summed E-state index contributed by atoms with van der Waals surface area (Å²) in [7, 11) is 0. The molecular formula is C23H26N2O2. The van der Waals surface area contributed by atoms with E-state index in [9.17, 15) is 10.2 Å². The second kappa shape index (κ2) is 8.07. The van der Waals surface area contributed by atoms with E-state index in [2.05, 4.69) is 11.4 Å². The maximum absolute atomic E-state index is 10.3. The van der Waals surface area contributed by atoms with Crippen molar-refractivity contribution in [2.75, 3.05) is 6.54 Å². The summed E-state index contributed by atoms with van der Waals surface area (Å²) < 4.78 is 0. The number of pyridine rings is 1. The zero-order valence-corrected chi connectivity index (χ0v) is 15.5. The Balaban J connectivity index is 1.65. The van der Waals surface area contributed by atoms with Crippen LogP contribution in [0.15, 0.2) is 48.5 Å². The van der Waals surface area contributed by atoms with E-state index in [0.717, 1.165) is 52.7 Å². The molecule has 140 valence electrons. The molecule has 0 bridgehead atoms. The quantitative estimate of drug-likeness (QED) is 0.637. The lowest BCUT2D eigenvalue weighted by Gasteiger charge is -2.23. The Morgan fingerprint density at radius 3 is 2.78 bits per heavy atom. The molecule has 1 aliphatic heterocycles. The number of phenols is 1. The lowest BCUT2D eigenvalue weighted by atomic mass is 9.95. The standard InChI is InChI=1S/C23H26N2O2/c26-15-19-13-17-5-1-2-7-22(17)25-23(19)18-11-16(12-21(27)14-18)8-9-20-6-3-4-10-24-20/h1-2,5,7,11-14,20,24,26-27H,3-4,6,8-10,15H2/t20-/m0/s1. The minimum atomic E-state index is -0.0792. The molecule has 0 saturated carbocycles. The van der Waals surface area contributed by atoms with Crippen molar-refractivity contribution in [3.63, 3.8) is 0 Å². The first-order valence-electron chi connectivity index (χ1n) is 9.79. The van der Waals surface area contributed by atoms with Crippen molar-refractivity contribution in [3.05, 3.63) is 59.7 Å². The van der Waals surface area contributed by atoms with Crippen molar-refractivity contribution < 1.29 is 10.2 Å². The van der Waals surface area contributed by atoms with E-state index in [-0.39, 0.29) is 12.4 Å². The molecule has 1 aliphatic rings. The predicted molar refractivity (Wildman–Crippen MR) is 109 cm³/mol. The molecule has 1 atom stereocenters. The van der Waals surface area contributed by atoms with Gasteiger partial charge in [0.2, 0.25) is 0 Å². The number of hydrogen-bond acceptors (Lipinski definition) is 4. The summed E-state index contributed by atoms with van der Waals surface area (Å²) in [4.78, 5) is 4.76. The highest BCUT2D eigenvalue weighted by molar-refractivity contribution is 5.83. The molecule has 1 saturated heterocycles. The normalized spacial score (nSPS) is 17.3. The van der Waals surface area contributed by atoms with Crippen molar-refractivity contribution >= 4 is 10.9 Å². The monoisotopic (exact) mass is 362 g/mol. The van der Waals surface area contributed by atoms with Crippen LogP contribution in [0, 0.1) is 0 Å². The minimum absolute atomic E-state index is 0.0792. The number of rotatable bonds is 5. The summed E-state index contributed by atoms with van der Waals surface area (Å²) in [6, 6.07) is 16.1. The summed E-state index contributed by atoms with van der Waals surface area (Å²) in [5.41, 5.74) is 4.37. The second-order valence-electron chi connectivity index (χ2n) is 7.42. The average molecular weight is 362 g/mol. The molecule has 1 fully saturated rings. The van der Waals surface area contributed by atoms with Crippen LogP contribution in [0.5, 0.6) is 5.75 Å². The molecular weight excluding hydrogens is 336 g/mol. The van der Waals surface area contributed by atoms with Gasteiger partial charge in [0, 0.05) is 22.6 Å². The van der Waals surface area contributed by atoms with Crippen LogP contribution in [0.1, 0.15) is 36.8 Å². The maximum Gasteiger partial charge on any atom is 0.116 e. The van der Waals surface area contributed by atoms with Crippen LogP contribution < -0.4 is 5.32 Å². The number of phenolic OH excluding ortho intramolecular Hbond substituents is 1. The van der Waals surface area contributed by atoms with Gasteiger partial charge >= 0.3 is 0 Å². The van der Waals surface area contributed by atoms with Crippen LogP contribution in [-0.2, 0) is 13.0 Å². The molecule has 2 aromatic carbocycles. The summed E-state index contributed by atoms with van der Waals surface area (Å²) in [5.74, 6) is 0.248. The van der Waals surface area contributed by atoms with Gasteiger partial charge in [0.15, 0.2) is 0 Å². The van der Waals surface area contributed by atoms with Crippen LogP contribution in [0.3, 0.4) is 0 Å². The molecule has 0 radical (unpaired) electrons. The van der Waals surface area contributed by atoms with Gasteiger partial charge in [-0.25, -0.2) is 4.98 Å². The third-order valence-electron chi connectivity index (χ3n) is 5.42. The Labute approximate surface area is 159 Å². The van der Waals surface area contributed by atoms with Crippen molar-refractivity contribution in [1.29, 1.82) is 0 Å². The fraction of sp³-hybridized carbons (Fsp3) is 0.348. The topological polar surface area (TPSA) is 65.4 Å². The number of aliphatic hydroxyl groups is 1. The fourth-order valence-electron chi connectivity index (χ4n) is 4.00. The molecule has 4 rings (SSSR count). The van der Waals surface area contributed by atoms with Gasteiger partial charge in [-0.3, -0.25) is 0 Å². The van der Waals surface area contributed by atoms with Gasteiger partial charge in [-0.1, -0.05) is 24.6 Å². The number of fused-ring (bicyclic) bond motifs is 1. The third kappa shape index (κ3) is 4.12. The van der Waals surface area contributed by atoms with Crippen LogP contribution in [0.2, 0.25) is 0 Å². The van der Waals surface area contributed by atoms with E-state index >= 15 is 0 Å². The minimum Gasteiger partial charge on any atom is -0.508 e. The van der Waals surface area contributed by atoms with Gasteiger partial charge in [-0.15, -0.1) is 0 Å². The first-order valence-corrected chi connectivity index (χ1v) is 9.79. The molecule has 4 heteroatoms. The second-order valence-corrected chi connectivity index (χ2v) is 7.42. The Bertz CT molecular complexity index is 933. The van der Waals surface area contributed by atoms with Gasteiger partial charge in [0.1, 0.15) is 5.75 Å². The number of aromatic hydroxyl groups is 1. The Hall–Kier alpha value is -2.43. The Kier molecular flexibility index (Phi) is 5.37. The Morgan fingerprint density at radius 1 is 1.07 bits per heavy atom. The third-order valence-corrected chi connectivity index (χ3v) is 5.42. The van der Waals surface area contributed by atoms with E-state index in [1.165, 1.54) is 19.3 Å². The largest absolute Gasteiger partial charge is 0.508 e. The summed E-state index contributed by atoms with van der Waals surface area (Å²) >= 11 is 0. The summed E-state index contributed by atoms with van der Waals surface area (Å²) in [6.07, 6.45) is 5.78. The van der Waals surface area contributed by atoms with Gasteiger partial charge in [-0.05, 0) is 68.1 Å². The highest BCUT2D eigenvalue weighted by Crippen LogP contribution is 2.30. The van der Waals surface area contributed by atoms with Gasteiger partial charge in [-0.2, -0.15) is 0 Å². The van der Waals surface area contributed by atoms with E-state index in [4.69, 9.17) is 4.98 Å². The highest BCUT2D eigenvalue weighted by atomic mass is 16.3. The first kappa shape index (κ1) is 18.0. The molecule has 3 N–H and O–H groups in total. The number of para-hydroxylation sites is 1. The highest BCUT2D eigenvalue weighted by Gasteiger charge is 2.14. The van der Waals surface area contributed by atoms with E-state index in [1.54, 1.807) is 6.07 Å². The number of nitrogens with zero attached hydrogens (tertiary/aromatic N) is 1. The van der Waals surface area contributed by atoms with Crippen molar-refractivity contribution in [2.45, 2.75) is 44.8 Å². The molecule has 0 unspecified atom stereocenters. The summed E-state index contributed by atoms with van der Waals surface area (Å²) in [6.45, 7) is 1.03. The molecule has 0 amide bonds. The van der Waals surface area contributed by atoms with E-state index in [1.807, 2.05) is 36.4 Å². The van der Waals surface area contributed by atoms with Crippen molar-refractivity contribution in [3.8, 4) is 17.0 Å². The zero-order chi connectivity index (χ0) is 18.6. The number of nitrogens with one attached hydrogen (secondary N) is 1. The Morgan fingerprint density at radius 2 is 1.96 bits per heavy atom. The molecule has 4 nitrogen and oxygen atoms in total. The molecule has 27 heavy (non-hydrogen) atoms. The number of aryl methyl sites for hydroxylation is 1. The molecule has 0 spiro atoms. The van der Waals surface area contributed by atoms with Crippen molar-refractivity contribution in [2.24, 2.45) is 0 Å². The van der Waals surface area contributed by atoms with Gasteiger partial charge in [0.05, 0.1) is 17.8 Å². The summed E-state index contributed by atoms with van der Waals surface area (Å²) in [5, 5.41) is 24.7. The lowest BCUT2D eigenvalue weighted by Crippen LogP contribution is -2.34. The number of aliphatic hydroxyl groups excluding tert-OH is 1. The van der Waals surface area contributed by atoms with Gasteiger partial charge in [0.25, 0.3) is 0 Å². The number of hydrogen-bond donors (Lipinski definition) is 3. The fourth-order valence-corrected chi connectivity index (χ4v) is 4.00. The molecule has 0 aliphatic carbocycles. The number of piperidine rings is 1. The lowest BCUT2D eigenvalue weighted by molar-refractivity contribution is 0.282. The maximum atomic E-state index is 10.3. The predicted octanol–water partition coefficient (Wildman–Crippen LogP) is 4.17. The van der Waals surface area contributed by atoms with E-state index < -0.39 is 0 Å².